The summed E-state index contributed by atoms with van der Waals surface area (Å²) in [5, 5.41) is 21.3. The molecule has 0 fully saturated rings. The number of anilines is 1. The Hall–Kier alpha value is -3.48. The highest BCUT2D eigenvalue weighted by Gasteiger charge is 2.26. The molecule has 0 aliphatic carbocycles. The third-order valence-corrected chi connectivity index (χ3v) is 4.02. The number of carbonyl (C=O) groups is 1. The number of amides is 1. The second kappa shape index (κ2) is 5.55. The summed E-state index contributed by atoms with van der Waals surface area (Å²) in [7, 11) is 0. The van der Waals surface area contributed by atoms with Gasteiger partial charge in [-0.05, 0) is 37.3 Å². The van der Waals surface area contributed by atoms with E-state index in [2.05, 4.69) is 20.5 Å². The number of fused-ring (bicyclic) bond motifs is 2. The van der Waals surface area contributed by atoms with Gasteiger partial charge in [0.25, 0.3) is 5.91 Å². The maximum absolute atomic E-state index is 13.4. The first-order valence-corrected chi connectivity index (χ1v) is 7.56. The molecule has 7 heteroatoms. The van der Waals surface area contributed by atoms with Crippen molar-refractivity contribution in [3.63, 3.8) is 0 Å². The van der Waals surface area contributed by atoms with Gasteiger partial charge in [-0.2, -0.15) is 5.10 Å². The first-order chi connectivity index (χ1) is 12.0. The van der Waals surface area contributed by atoms with Crippen LogP contribution in [0.3, 0.4) is 0 Å². The van der Waals surface area contributed by atoms with Crippen molar-refractivity contribution in [1.29, 1.82) is 0 Å². The lowest BCUT2D eigenvalue weighted by atomic mass is 10.1. The molecule has 1 aliphatic heterocycles. The van der Waals surface area contributed by atoms with E-state index in [0.717, 1.165) is 16.5 Å². The number of aromatic hydroxyl groups is 1. The third kappa shape index (κ3) is 2.55. The SMILES string of the molecule is Cc1ccc2[nH]c(O)c(C=N/N=C3\C(=O)Nc4ccc(F)cc43)c2c1. The molecular weight excluding hydrogens is 323 g/mol. The topological polar surface area (TPSA) is 89.8 Å². The Bertz CT molecular complexity index is 1080. The van der Waals surface area contributed by atoms with Gasteiger partial charge in [0, 0.05) is 16.5 Å². The lowest BCUT2D eigenvalue weighted by molar-refractivity contribution is -0.110. The maximum Gasteiger partial charge on any atom is 0.276 e. The standard InChI is InChI=1S/C18H13FN4O2/c1-9-2-4-14-11(6-9)13(17(24)21-14)8-20-23-16-12-7-10(19)3-5-15(12)22-18(16)25/h2-8,21,24H,1H3,(H,22,23,25). The van der Waals surface area contributed by atoms with Crippen LogP contribution in [-0.2, 0) is 4.79 Å². The third-order valence-electron chi connectivity index (χ3n) is 4.02. The first kappa shape index (κ1) is 15.1. The number of aromatic amines is 1. The molecule has 0 saturated carbocycles. The number of H-pyrrole nitrogens is 1. The molecular formula is C18H13FN4O2. The van der Waals surface area contributed by atoms with Crippen molar-refractivity contribution in [3.8, 4) is 5.88 Å². The molecule has 4 rings (SSSR count). The van der Waals surface area contributed by atoms with Gasteiger partial charge in [0.15, 0.2) is 11.6 Å². The highest BCUT2D eigenvalue weighted by Crippen LogP contribution is 2.27. The molecule has 0 spiro atoms. The van der Waals surface area contributed by atoms with Crippen molar-refractivity contribution in [2.75, 3.05) is 5.32 Å². The van der Waals surface area contributed by atoms with Crippen LogP contribution in [0, 0.1) is 12.7 Å². The van der Waals surface area contributed by atoms with Gasteiger partial charge in [-0.1, -0.05) is 11.6 Å². The van der Waals surface area contributed by atoms with E-state index >= 15 is 0 Å². The zero-order valence-corrected chi connectivity index (χ0v) is 13.2. The molecule has 0 radical (unpaired) electrons. The number of benzene rings is 2. The Morgan fingerprint density at radius 3 is 2.88 bits per heavy atom. The largest absolute Gasteiger partial charge is 0.494 e. The van der Waals surface area contributed by atoms with Crippen LogP contribution in [0.1, 0.15) is 16.7 Å². The van der Waals surface area contributed by atoms with Gasteiger partial charge in [-0.3, -0.25) is 4.79 Å². The Balaban J connectivity index is 1.73. The minimum Gasteiger partial charge on any atom is -0.494 e. The predicted molar refractivity (Wildman–Crippen MR) is 93.9 cm³/mol. The summed E-state index contributed by atoms with van der Waals surface area (Å²) < 4.78 is 13.4. The molecule has 0 unspecified atom stereocenters. The first-order valence-electron chi connectivity index (χ1n) is 7.56. The lowest BCUT2D eigenvalue weighted by Crippen LogP contribution is -2.13. The number of hydrogen-bond donors (Lipinski definition) is 3. The van der Waals surface area contributed by atoms with E-state index in [4.69, 9.17) is 0 Å². The normalized spacial score (nSPS) is 15.3. The smallest absolute Gasteiger partial charge is 0.276 e. The van der Waals surface area contributed by atoms with E-state index < -0.39 is 11.7 Å². The summed E-state index contributed by atoms with van der Waals surface area (Å²) >= 11 is 0. The average Bonchev–Trinajstić information content (AvgIpc) is 3.04. The number of nitrogens with zero attached hydrogens (tertiary/aromatic N) is 2. The molecule has 0 atom stereocenters. The molecule has 6 nitrogen and oxygen atoms in total. The average molecular weight is 336 g/mol. The van der Waals surface area contributed by atoms with Gasteiger partial charge < -0.3 is 15.4 Å². The van der Waals surface area contributed by atoms with Crippen LogP contribution >= 0.6 is 0 Å². The molecule has 3 aromatic rings. The molecule has 3 N–H and O–H groups in total. The molecule has 25 heavy (non-hydrogen) atoms. The summed E-state index contributed by atoms with van der Waals surface area (Å²) in [6.45, 7) is 1.94. The molecule has 124 valence electrons. The van der Waals surface area contributed by atoms with Crippen molar-refractivity contribution in [2.45, 2.75) is 6.92 Å². The summed E-state index contributed by atoms with van der Waals surface area (Å²) in [5.41, 5.74) is 3.16. The number of nitrogens with one attached hydrogen (secondary N) is 2. The van der Waals surface area contributed by atoms with Gasteiger partial charge in [0.05, 0.1) is 17.5 Å². The van der Waals surface area contributed by atoms with Gasteiger partial charge in [-0.15, -0.1) is 5.10 Å². The second-order valence-electron chi connectivity index (χ2n) is 5.77. The summed E-state index contributed by atoms with van der Waals surface area (Å²) in [6.07, 6.45) is 1.37. The van der Waals surface area contributed by atoms with Crippen LogP contribution in [0.25, 0.3) is 10.9 Å². The van der Waals surface area contributed by atoms with E-state index in [1.807, 2.05) is 25.1 Å². The molecule has 0 bridgehead atoms. The fraction of sp³-hybridized carbons (Fsp3) is 0.0556. The van der Waals surface area contributed by atoms with E-state index in [-0.39, 0.29) is 11.6 Å². The van der Waals surface area contributed by atoms with Crippen molar-refractivity contribution in [2.24, 2.45) is 10.2 Å². The van der Waals surface area contributed by atoms with Gasteiger partial charge in [-0.25, -0.2) is 4.39 Å². The zero-order chi connectivity index (χ0) is 17.6. The molecule has 2 aromatic carbocycles. The monoisotopic (exact) mass is 336 g/mol. The Labute approximate surface area is 141 Å². The van der Waals surface area contributed by atoms with E-state index in [1.54, 1.807) is 0 Å². The number of rotatable bonds is 2. The highest BCUT2D eigenvalue weighted by molar-refractivity contribution is 6.53. The minimum atomic E-state index is -0.461. The molecule has 1 amide bonds. The Kier molecular flexibility index (Phi) is 3.35. The van der Waals surface area contributed by atoms with Gasteiger partial charge in [0.1, 0.15) is 5.82 Å². The van der Waals surface area contributed by atoms with Gasteiger partial charge >= 0.3 is 0 Å². The van der Waals surface area contributed by atoms with Crippen LogP contribution < -0.4 is 5.32 Å². The fourth-order valence-corrected chi connectivity index (χ4v) is 2.81. The lowest BCUT2D eigenvalue weighted by Gasteiger charge is -1.96. The number of aromatic nitrogens is 1. The maximum atomic E-state index is 13.4. The van der Waals surface area contributed by atoms with E-state index in [0.29, 0.717) is 16.8 Å². The van der Waals surface area contributed by atoms with Crippen molar-refractivity contribution in [1.82, 2.24) is 4.98 Å². The van der Waals surface area contributed by atoms with Crippen LogP contribution in [0.15, 0.2) is 46.6 Å². The Morgan fingerprint density at radius 2 is 2.04 bits per heavy atom. The Morgan fingerprint density at radius 1 is 1.20 bits per heavy atom. The van der Waals surface area contributed by atoms with E-state index in [1.165, 1.54) is 24.4 Å². The second-order valence-corrected chi connectivity index (χ2v) is 5.77. The number of halogens is 1. The van der Waals surface area contributed by atoms with Crippen LogP contribution in [0.4, 0.5) is 10.1 Å². The molecule has 1 aliphatic rings. The van der Waals surface area contributed by atoms with Crippen molar-refractivity contribution >= 4 is 34.4 Å². The molecule has 2 heterocycles. The fourth-order valence-electron chi connectivity index (χ4n) is 2.81. The summed E-state index contributed by atoms with van der Waals surface area (Å²) in [5.74, 6) is -0.944. The van der Waals surface area contributed by atoms with Crippen molar-refractivity contribution < 1.29 is 14.3 Å². The quantitative estimate of drug-likeness (QED) is 0.496. The van der Waals surface area contributed by atoms with Crippen molar-refractivity contribution in [3.05, 3.63) is 58.9 Å². The predicted octanol–water partition coefficient (Wildman–Crippen LogP) is 3.10. The minimum absolute atomic E-state index is 0.0289. The molecule has 0 saturated heterocycles. The number of aryl methyl sites for hydroxylation is 1. The van der Waals surface area contributed by atoms with Crippen LogP contribution in [0.5, 0.6) is 5.88 Å². The summed E-state index contributed by atoms with van der Waals surface area (Å²) in [4.78, 5) is 14.8. The zero-order valence-electron chi connectivity index (χ0n) is 13.2. The molecule has 1 aromatic heterocycles. The summed E-state index contributed by atoms with van der Waals surface area (Å²) in [6, 6.07) is 9.66. The van der Waals surface area contributed by atoms with Crippen LogP contribution in [0.2, 0.25) is 0 Å². The number of carbonyl (C=O) groups excluding carboxylic acids is 1. The number of hydrogen-bond acceptors (Lipinski definition) is 4. The van der Waals surface area contributed by atoms with Gasteiger partial charge in [0.2, 0.25) is 0 Å². The van der Waals surface area contributed by atoms with Crippen LogP contribution in [-0.4, -0.2) is 27.9 Å². The van der Waals surface area contributed by atoms with E-state index in [9.17, 15) is 14.3 Å². The highest BCUT2D eigenvalue weighted by atomic mass is 19.1.